The van der Waals surface area contributed by atoms with Crippen LogP contribution in [-0.4, -0.2) is 12.4 Å². The predicted octanol–water partition coefficient (Wildman–Crippen LogP) is 4.37. The molecule has 0 bridgehead atoms. The van der Waals surface area contributed by atoms with E-state index in [2.05, 4.69) is 37.4 Å². The second kappa shape index (κ2) is 8.60. The predicted molar refractivity (Wildman–Crippen MR) is 71.1 cm³/mol. The Morgan fingerprint density at radius 3 is 2.33 bits per heavy atom. The van der Waals surface area contributed by atoms with Gasteiger partial charge in [-0.2, -0.15) is 0 Å². The summed E-state index contributed by atoms with van der Waals surface area (Å²) in [4.78, 5) is 0. The maximum absolute atomic E-state index is 5.58. The molecule has 0 aromatic heterocycles. The number of benzene rings is 1. The molecular formula is C13H22ClN. The summed E-state index contributed by atoms with van der Waals surface area (Å²) >= 11 is 5.58. The minimum absolute atomic E-state index is 0.720. The fourth-order valence-corrected chi connectivity index (χ4v) is 1.28. The SMILES string of the molecule is CC.Cc1ccc(NCCCCl)cc1C. The zero-order chi connectivity index (χ0) is 11.7. The summed E-state index contributed by atoms with van der Waals surface area (Å²) in [6.07, 6.45) is 1.01. The number of rotatable bonds is 4. The van der Waals surface area contributed by atoms with Crippen molar-refractivity contribution in [2.75, 3.05) is 17.7 Å². The molecule has 0 aliphatic heterocycles. The molecule has 0 spiro atoms. The Morgan fingerprint density at radius 2 is 1.80 bits per heavy atom. The highest BCUT2D eigenvalue weighted by atomic mass is 35.5. The van der Waals surface area contributed by atoms with Crippen molar-refractivity contribution in [1.82, 2.24) is 0 Å². The van der Waals surface area contributed by atoms with Crippen molar-refractivity contribution in [3.63, 3.8) is 0 Å². The third-order valence-electron chi connectivity index (χ3n) is 2.15. The van der Waals surface area contributed by atoms with Gasteiger partial charge in [0.15, 0.2) is 0 Å². The van der Waals surface area contributed by atoms with Gasteiger partial charge in [0.1, 0.15) is 0 Å². The van der Waals surface area contributed by atoms with Gasteiger partial charge in [-0.05, 0) is 43.5 Å². The van der Waals surface area contributed by atoms with E-state index >= 15 is 0 Å². The first-order chi connectivity index (χ1) is 7.24. The second-order valence-electron chi connectivity index (χ2n) is 3.27. The van der Waals surface area contributed by atoms with E-state index in [-0.39, 0.29) is 0 Å². The molecule has 86 valence electrons. The Bertz CT molecular complexity index is 271. The zero-order valence-corrected chi connectivity index (χ0v) is 11.0. The van der Waals surface area contributed by atoms with E-state index < -0.39 is 0 Å². The highest BCUT2D eigenvalue weighted by molar-refractivity contribution is 6.17. The molecule has 2 heteroatoms. The highest BCUT2D eigenvalue weighted by Gasteiger charge is 1.94. The first-order valence-electron chi connectivity index (χ1n) is 5.61. The fourth-order valence-electron chi connectivity index (χ4n) is 1.15. The molecule has 1 rings (SSSR count). The van der Waals surface area contributed by atoms with Gasteiger partial charge in [0, 0.05) is 18.1 Å². The summed E-state index contributed by atoms with van der Waals surface area (Å²) in [5, 5.41) is 3.33. The van der Waals surface area contributed by atoms with Gasteiger partial charge < -0.3 is 5.32 Å². The van der Waals surface area contributed by atoms with Crippen molar-refractivity contribution in [1.29, 1.82) is 0 Å². The van der Waals surface area contributed by atoms with E-state index in [9.17, 15) is 0 Å². The molecule has 0 heterocycles. The average Bonchev–Trinajstić information content (AvgIpc) is 2.27. The number of aryl methyl sites for hydroxylation is 2. The van der Waals surface area contributed by atoms with E-state index in [1.165, 1.54) is 16.8 Å². The summed E-state index contributed by atoms with van der Waals surface area (Å²) < 4.78 is 0. The fraction of sp³-hybridized carbons (Fsp3) is 0.538. The van der Waals surface area contributed by atoms with Crippen LogP contribution in [-0.2, 0) is 0 Å². The van der Waals surface area contributed by atoms with Crippen LogP contribution in [0.25, 0.3) is 0 Å². The molecule has 0 radical (unpaired) electrons. The maximum Gasteiger partial charge on any atom is 0.0343 e. The largest absolute Gasteiger partial charge is 0.385 e. The quantitative estimate of drug-likeness (QED) is 0.595. The summed E-state index contributed by atoms with van der Waals surface area (Å²) in [6.45, 7) is 9.20. The first-order valence-corrected chi connectivity index (χ1v) is 6.14. The van der Waals surface area contributed by atoms with E-state index in [1.807, 2.05) is 13.8 Å². The molecular weight excluding hydrogens is 206 g/mol. The van der Waals surface area contributed by atoms with Gasteiger partial charge in [0.25, 0.3) is 0 Å². The van der Waals surface area contributed by atoms with Gasteiger partial charge in [0.2, 0.25) is 0 Å². The van der Waals surface area contributed by atoms with Gasteiger partial charge in [-0.25, -0.2) is 0 Å². The Kier molecular flexibility index (Phi) is 8.21. The Labute approximate surface area is 98.8 Å². The van der Waals surface area contributed by atoms with Gasteiger partial charge >= 0.3 is 0 Å². The molecule has 0 aliphatic carbocycles. The van der Waals surface area contributed by atoms with Crippen molar-refractivity contribution >= 4 is 17.3 Å². The molecule has 0 unspecified atom stereocenters. The van der Waals surface area contributed by atoms with E-state index in [0.717, 1.165) is 18.8 Å². The van der Waals surface area contributed by atoms with Crippen molar-refractivity contribution in [2.45, 2.75) is 34.1 Å². The lowest BCUT2D eigenvalue weighted by molar-refractivity contribution is 0.986. The molecule has 0 amide bonds. The van der Waals surface area contributed by atoms with Crippen molar-refractivity contribution in [2.24, 2.45) is 0 Å². The summed E-state index contributed by atoms with van der Waals surface area (Å²) in [7, 11) is 0. The number of hydrogen-bond donors (Lipinski definition) is 1. The van der Waals surface area contributed by atoms with Crippen molar-refractivity contribution in [3.05, 3.63) is 29.3 Å². The van der Waals surface area contributed by atoms with Crippen LogP contribution in [0.4, 0.5) is 5.69 Å². The van der Waals surface area contributed by atoms with Gasteiger partial charge in [-0.15, -0.1) is 11.6 Å². The van der Waals surface area contributed by atoms with Crippen molar-refractivity contribution in [3.8, 4) is 0 Å². The van der Waals surface area contributed by atoms with Gasteiger partial charge in [0.05, 0.1) is 0 Å². The zero-order valence-electron chi connectivity index (χ0n) is 10.2. The van der Waals surface area contributed by atoms with Crippen LogP contribution in [0.3, 0.4) is 0 Å². The standard InChI is InChI=1S/C11H16ClN.C2H6/c1-9-4-5-11(8-10(9)2)13-7-3-6-12;1-2/h4-5,8,13H,3,6-7H2,1-2H3;1-2H3. The van der Waals surface area contributed by atoms with Gasteiger partial charge in [-0.3, -0.25) is 0 Å². The Morgan fingerprint density at radius 1 is 1.13 bits per heavy atom. The average molecular weight is 228 g/mol. The molecule has 1 nitrogen and oxygen atoms in total. The van der Waals surface area contributed by atoms with Crippen LogP contribution in [0, 0.1) is 13.8 Å². The number of alkyl halides is 1. The third kappa shape index (κ3) is 5.68. The Hall–Kier alpha value is -0.690. The van der Waals surface area contributed by atoms with E-state index in [4.69, 9.17) is 11.6 Å². The number of anilines is 1. The lowest BCUT2D eigenvalue weighted by Gasteiger charge is -2.07. The number of hydrogen-bond acceptors (Lipinski definition) is 1. The van der Waals surface area contributed by atoms with Gasteiger partial charge in [-0.1, -0.05) is 19.9 Å². The smallest absolute Gasteiger partial charge is 0.0343 e. The van der Waals surface area contributed by atoms with Crippen LogP contribution in [0.15, 0.2) is 18.2 Å². The van der Waals surface area contributed by atoms with Crippen LogP contribution < -0.4 is 5.32 Å². The van der Waals surface area contributed by atoms with Crippen molar-refractivity contribution < 1.29 is 0 Å². The van der Waals surface area contributed by atoms with Crippen LogP contribution in [0.1, 0.15) is 31.4 Å². The molecule has 0 aliphatic rings. The molecule has 0 atom stereocenters. The lowest BCUT2D eigenvalue weighted by atomic mass is 10.1. The molecule has 15 heavy (non-hydrogen) atoms. The molecule has 1 N–H and O–H groups in total. The van der Waals surface area contributed by atoms with Crippen LogP contribution >= 0.6 is 11.6 Å². The van der Waals surface area contributed by atoms with Crippen LogP contribution in [0.2, 0.25) is 0 Å². The monoisotopic (exact) mass is 227 g/mol. The molecule has 0 saturated heterocycles. The second-order valence-corrected chi connectivity index (χ2v) is 3.65. The van der Waals surface area contributed by atoms with Crippen LogP contribution in [0.5, 0.6) is 0 Å². The van der Waals surface area contributed by atoms with E-state index in [0.29, 0.717) is 0 Å². The van der Waals surface area contributed by atoms with E-state index in [1.54, 1.807) is 0 Å². The molecule has 0 saturated carbocycles. The maximum atomic E-state index is 5.58. The topological polar surface area (TPSA) is 12.0 Å². The minimum Gasteiger partial charge on any atom is -0.385 e. The summed E-state index contributed by atoms with van der Waals surface area (Å²) in [5.41, 5.74) is 3.85. The third-order valence-corrected chi connectivity index (χ3v) is 2.41. The molecule has 0 fully saturated rings. The summed E-state index contributed by atoms with van der Waals surface area (Å²) in [5.74, 6) is 0.720. The Balaban J connectivity index is 0.000000921. The minimum atomic E-state index is 0.720. The molecule has 1 aromatic carbocycles. The number of halogens is 1. The summed E-state index contributed by atoms with van der Waals surface area (Å²) in [6, 6.07) is 6.42. The molecule has 1 aromatic rings. The normalized spacial score (nSPS) is 9.13. The first kappa shape index (κ1) is 14.3. The lowest BCUT2D eigenvalue weighted by Crippen LogP contribution is -2.02. The number of nitrogens with one attached hydrogen (secondary N) is 1. The highest BCUT2D eigenvalue weighted by Crippen LogP contribution is 2.13.